The van der Waals surface area contributed by atoms with Crippen molar-refractivity contribution >= 4 is 29.3 Å². The lowest BCUT2D eigenvalue weighted by atomic mass is 9.85. The fourth-order valence-electron chi connectivity index (χ4n) is 3.45. The molecule has 0 saturated carbocycles. The quantitative estimate of drug-likeness (QED) is 0.647. The van der Waals surface area contributed by atoms with Crippen LogP contribution in [0.25, 0.3) is 0 Å². The van der Waals surface area contributed by atoms with Crippen LogP contribution in [-0.4, -0.2) is 35.2 Å². The van der Waals surface area contributed by atoms with Crippen molar-refractivity contribution in [3.8, 4) is 0 Å². The van der Waals surface area contributed by atoms with Crippen LogP contribution in [0.1, 0.15) is 25.3 Å². The molecule has 3 amide bonds. The molecule has 5 nitrogen and oxygen atoms in total. The zero-order valence-electron chi connectivity index (χ0n) is 14.1. The largest absolute Gasteiger partial charge is 0.354 e. The summed E-state index contributed by atoms with van der Waals surface area (Å²) in [6, 6.07) is 6.64. The number of rotatable bonds is 5. The number of nitrogens with one attached hydrogen (secondary N) is 1. The number of halogens is 1. The number of allylic oxidation sites excluding steroid dienone is 2. The van der Waals surface area contributed by atoms with Gasteiger partial charge in [0.1, 0.15) is 6.04 Å². The van der Waals surface area contributed by atoms with Crippen LogP contribution in [0.2, 0.25) is 5.02 Å². The van der Waals surface area contributed by atoms with Gasteiger partial charge in [0.15, 0.2) is 0 Å². The average molecular weight is 361 g/mol. The molecule has 1 aliphatic carbocycles. The summed E-state index contributed by atoms with van der Waals surface area (Å²) < 4.78 is 0. The van der Waals surface area contributed by atoms with Crippen molar-refractivity contribution in [1.29, 1.82) is 0 Å². The Morgan fingerprint density at radius 3 is 2.28 bits per heavy atom. The van der Waals surface area contributed by atoms with Crippen molar-refractivity contribution in [2.75, 3.05) is 6.54 Å². The van der Waals surface area contributed by atoms with E-state index in [4.69, 9.17) is 11.6 Å². The minimum Gasteiger partial charge on any atom is -0.354 e. The normalized spacial score (nSPS) is 23.5. The Hall–Kier alpha value is -2.14. The smallest absolute Gasteiger partial charge is 0.243 e. The van der Waals surface area contributed by atoms with Crippen LogP contribution >= 0.6 is 11.6 Å². The molecule has 1 aromatic rings. The second kappa shape index (κ2) is 7.40. The Morgan fingerprint density at radius 2 is 1.72 bits per heavy atom. The van der Waals surface area contributed by atoms with Crippen LogP contribution in [0.3, 0.4) is 0 Å². The lowest BCUT2D eigenvalue weighted by Crippen LogP contribution is -2.48. The van der Waals surface area contributed by atoms with Crippen LogP contribution < -0.4 is 5.32 Å². The number of amides is 3. The standard InChI is InChI=1S/C19H21ClN2O3/c1-12(17(23)21-11-10-13-6-8-14(20)9-7-13)22-18(24)15-4-2-3-5-16(15)19(22)25/h2-3,6-9,12,15-16H,4-5,10-11H2,1H3,(H,21,23)/t12-,15+,16+/m0/s1. The number of hydrogen-bond donors (Lipinski definition) is 1. The first kappa shape index (κ1) is 17.7. The van der Waals surface area contributed by atoms with E-state index in [9.17, 15) is 14.4 Å². The summed E-state index contributed by atoms with van der Waals surface area (Å²) in [5.41, 5.74) is 1.06. The molecule has 1 aliphatic heterocycles. The Kier molecular flexibility index (Phi) is 5.23. The van der Waals surface area contributed by atoms with Crippen molar-refractivity contribution in [2.45, 2.75) is 32.2 Å². The van der Waals surface area contributed by atoms with Gasteiger partial charge in [-0.15, -0.1) is 0 Å². The fraction of sp³-hybridized carbons (Fsp3) is 0.421. The molecule has 1 N–H and O–H groups in total. The van der Waals surface area contributed by atoms with Gasteiger partial charge in [-0.25, -0.2) is 0 Å². The van der Waals surface area contributed by atoms with E-state index < -0.39 is 6.04 Å². The Labute approximate surface area is 152 Å². The third-order valence-electron chi connectivity index (χ3n) is 4.93. The lowest BCUT2D eigenvalue weighted by molar-refractivity contribution is -0.147. The number of hydrogen-bond acceptors (Lipinski definition) is 3. The first-order valence-electron chi connectivity index (χ1n) is 8.53. The summed E-state index contributed by atoms with van der Waals surface area (Å²) in [5, 5.41) is 3.48. The molecule has 132 valence electrons. The van der Waals surface area contributed by atoms with Gasteiger partial charge in [0.2, 0.25) is 17.7 Å². The molecular weight excluding hydrogens is 340 g/mol. The number of fused-ring (bicyclic) bond motifs is 1. The minimum atomic E-state index is -0.782. The van der Waals surface area contributed by atoms with E-state index in [0.717, 1.165) is 10.5 Å². The molecule has 0 spiro atoms. The maximum absolute atomic E-state index is 12.5. The second-order valence-electron chi connectivity index (χ2n) is 6.55. The first-order chi connectivity index (χ1) is 12.0. The van der Waals surface area contributed by atoms with Crippen LogP contribution in [0.4, 0.5) is 0 Å². The average Bonchev–Trinajstić information content (AvgIpc) is 2.87. The molecule has 1 fully saturated rings. The van der Waals surface area contributed by atoms with Crippen LogP contribution in [-0.2, 0) is 20.8 Å². The van der Waals surface area contributed by atoms with Crippen molar-refractivity contribution < 1.29 is 14.4 Å². The van der Waals surface area contributed by atoms with Gasteiger partial charge in [0.05, 0.1) is 11.8 Å². The second-order valence-corrected chi connectivity index (χ2v) is 6.98. The van der Waals surface area contributed by atoms with E-state index in [0.29, 0.717) is 30.8 Å². The number of likely N-dealkylation sites (tertiary alicyclic amines) is 1. The number of carbonyl (C=O) groups is 3. The van der Waals surface area contributed by atoms with Gasteiger partial charge in [-0.2, -0.15) is 0 Å². The van der Waals surface area contributed by atoms with E-state index in [1.807, 2.05) is 24.3 Å². The summed E-state index contributed by atoms with van der Waals surface area (Å²) >= 11 is 5.85. The van der Waals surface area contributed by atoms with Gasteiger partial charge < -0.3 is 5.32 Å². The fourth-order valence-corrected chi connectivity index (χ4v) is 3.58. The highest BCUT2D eigenvalue weighted by Crippen LogP contribution is 2.36. The summed E-state index contributed by atoms with van der Waals surface area (Å²) in [4.78, 5) is 38.5. The Bertz CT molecular complexity index is 688. The highest BCUT2D eigenvalue weighted by atomic mass is 35.5. The third kappa shape index (κ3) is 3.61. The maximum atomic E-state index is 12.5. The van der Waals surface area contributed by atoms with Gasteiger partial charge in [-0.3, -0.25) is 19.3 Å². The van der Waals surface area contributed by atoms with Gasteiger partial charge in [-0.1, -0.05) is 35.9 Å². The topological polar surface area (TPSA) is 66.5 Å². The molecule has 0 unspecified atom stereocenters. The highest BCUT2D eigenvalue weighted by molar-refractivity contribution is 6.30. The van der Waals surface area contributed by atoms with Crippen LogP contribution in [0.5, 0.6) is 0 Å². The molecule has 1 saturated heterocycles. The molecule has 3 atom stereocenters. The molecule has 3 rings (SSSR count). The van der Waals surface area contributed by atoms with Gasteiger partial charge >= 0.3 is 0 Å². The summed E-state index contributed by atoms with van der Waals surface area (Å²) in [7, 11) is 0. The zero-order chi connectivity index (χ0) is 18.0. The number of carbonyl (C=O) groups excluding carboxylic acids is 3. The van der Waals surface area contributed by atoms with Crippen molar-refractivity contribution in [2.24, 2.45) is 11.8 Å². The molecule has 0 bridgehead atoms. The summed E-state index contributed by atoms with van der Waals surface area (Å²) in [6.45, 7) is 2.05. The zero-order valence-corrected chi connectivity index (χ0v) is 14.8. The van der Waals surface area contributed by atoms with Gasteiger partial charge in [0, 0.05) is 11.6 Å². The van der Waals surface area contributed by atoms with Gasteiger partial charge in [-0.05, 0) is 43.9 Å². The molecule has 0 aromatic heterocycles. The predicted octanol–water partition coefficient (Wildman–Crippen LogP) is 2.34. The summed E-state index contributed by atoms with van der Waals surface area (Å²) in [6.07, 6.45) is 5.69. The Morgan fingerprint density at radius 1 is 1.16 bits per heavy atom. The highest BCUT2D eigenvalue weighted by Gasteiger charge is 2.49. The first-order valence-corrected chi connectivity index (χ1v) is 8.91. The van der Waals surface area contributed by atoms with E-state index in [1.54, 1.807) is 19.1 Å². The number of nitrogens with zero attached hydrogens (tertiary/aromatic N) is 1. The van der Waals surface area contributed by atoms with Crippen molar-refractivity contribution in [3.63, 3.8) is 0 Å². The molecule has 1 aromatic carbocycles. The van der Waals surface area contributed by atoms with Crippen LogP contribution in [0.15, 0.2) is 36.4 Å². The molecule has 25 heavy (non-hydrogen) atoms. The van der Waals surface area contributed by atoms with Crippen molar-refractivity contribution in [3.05, 3.63) is 47.0 Å². The lowest BCUT2D eigenvalue weighted by Gasteiger charge is -2.22. The molecule has 1 heterocycles. The van der Waals surface area contributed by atoms with Crippen molar-refractivity contribution in [1.82, 2.24) is 10.2 Å². The number of benzene rings is 1. The molecular formula is C19H21ClN2O3. The monoisotopic (exact) mass is 360 g/mol. The van der Waals surface area contributed by atoms with E-state index >= 15 is 0 Å². The summed E-state index contributed by atoms with van der Waals surface area (Å²) in [5.74, 6) is -1.36. The van der Waals surface area contributed by atoms with Crippen LogP contribution in [0, 0.1) is 11.8 Å². The minimum absolute atomic E-state index is 0.222. The molecule has 6 heteroatoms. The maximum Gasteiger partial charge on any atom is 0.243 e. The van der Waals surface area contributed by atoms with E-state index in [2.05, 4.69) is 5.32 Å². The SMILES string of the molecule is C[C@@H](C(=O)NCCc1ccc(Cl)cc1)N1C(=O)[C@@H]2CC=CC[C@H]2C1=O. The van der Waals surface area contributed by atoms with Gasteiger partial charge in [0.25, 0.3) is 0 Å². The molecule has 2 aliphatic rings. The third-order valence-corrected chi connectivity index (χ3v) is 5.19. The van der Waals surface area contributed by atoms with E-state index in [-0.39, 0.29) is 29.6 Å². The predicted molar refractivity (Wildman–Crippen MR) is 94.8 cm³/mol. The van der Waals surface area contributed by atoms with E-state index in [1.165, 1.54) is 0 Å². The molecule has 0 radical (unpaired) electrons. The Balaban J connectivity index is 1.56. The number of imide groups is 1.